The first-order valence-corrected chi connectivity index (χ1v) is 8.25. The molecule has 0 saturated carbocycles. The highest BCUT2D eigenvalue weighted by atomic mass is 79.9. The minimum absolute atomic E-state index is 0.118. The molecule has 0 bridgehead atoms. The van der Waals surface area contributed by atoms with Gasteiger partial charge in [0.2, 0.25) is 0 Å². The number of carbonyl (C=O) groups is 1. The van der Waals surface area contributed by atoms with Gasteiger partial charge in [0.15, 0.2) is 0 Å². The second kappa shape index (κ2) is 7.27. The molecular weight excluding hydrogens is 330 g/mol. The number of amides is 2. The standard InChI is InChI=1S/C16H24BrN3O/c1-12(14-6-4-5-7-15(14)17)18-13-8-10-20(11-9-13)16(21)19(2)3/h4-7,12-13,18H,8-11H2,1-3H3. The molecule has 4 nitrogen and oxygen atoms in total. The number of hydrogen-bond acceptors (Lipinski definition) is 2. The van der Waals surface area contributed by atoms with Crippen LogP contribution < -0.4 is 5.32 Å². The molecule has 0 radical (unpaired) electrons. The van der Waals surface area contributed by atoms with Crippen molar-refractivity contribution in [2.75, 3.05) is 27.2 Å². The number of nitrogens with one attached hydrogen (secondary N) is 1. The highest BCUT2D eigenvalue weighted by molar-refractivity contribution is 9.10. The molecule has 1 saturated heterocycles. The molecule has 1 atom stereocenters. The Kier molecular flexibility index (Phi) is 5.65. The highest BCUT2D eigenvalue weighted by Crippen LogP contribution is 2.24. The fourth-order valence-corrected chi connectivity index (χ4v) is 3.42. The molecule has 1 aromatic rings. The van der Waals surface area contributed by atoms with Crippen LogP contribution in [0.25, 0.3) is 0 Å². The second-order valence-corrected chi connectivity index (χ2v) is 6.70. The Labute approximate surface area is 135 Å². The molecule has 1 aromatic carbocycles. The minimum atomic E-state index is 0.118. The Balaban J connectivity index is 1.86. The van der Waals surface area contributed by atoms with Gasteiger partial charge in [0.05, 0.1) is 0 Å². The van der Waals surface area contributed by atoms with E-state index in [2.05, 4.69) is 46.4 Å². The number of carbonyl (C=O) groups excluding carboxylic acids is 1. The van der Waals surface area contributed by atoms with Crippen LogP contribution in [0.4, 0.5) is 4.79 Å². The van der Waals surface area contributed by atoms with Crippen LogP contribution in [0.5, 0.6) is 0 Å². The van der Waals surface area contributed by atoms with Crippen LogP contribution in [-0.4, -0.2) is 49.1 Å². The first-order chi connectivity index (χ1) is 9.99. The molecule has 0 aromatic heterocycles. The number of hydrogen-bond donors (Lipinski definition) is 1. The van der Waals surface area contributed by atoms with Gasteiger partial charge in [0, 0.05) is 43.7 Å². The average Bonchev–Trinajstić information content (AvgIpc) is 2.47. The molecule has 1 unspecified atom stereocenters. The van der Waals surface area contributed by atoms with E-state index in [1.54, 1.807) is 4.90 Å². The number of urea groups is 1. The Morgan fingerprint density at radius 1 is 1.33 bits per heavy atom. The van der Waals surface area contributed by atoms with E-state index in [0.29, 0.717) is 12.1 Å². The van der Waals surface area contributed by atoms with E-state index < -0.39 is 0 Å². The van der Waals surface area contributed by atoms with Crippen LogP contribution in [-0.2, 0) is 0 Å². The third-order valence-corrected chi connectivity index (χ3v) is 4.73. The lowest BCUT2D eigenvalue weighted by Gasteiger charge is -2.35. The lowest BCUT2D eigenvalue weighted by molar-refractivity contribution is 0.151. The summed E-state index contributed by atoms with van der Waals surface area (Å²) in [5.74, 6) is 0. The second-order valence-electron chi connectivity index (χ2n) is 5.85. The van der Waals surface area contributed by atoms with Crippen molar-refractivity contribution in [2.24, 2.45) is 0 Å². The smallest absolute Gasteiger partial charge is 0.319 e. The lowest BCUT2D eigenvalue weighted by Crippen LogP contribution is -2.48. The molecule has 0 spiro atoms. The Morgan fingerprint density at radius 3 is 2.52 bits per heavy atom. The van der Waals surface area contributed by atoms with Gasteiger partial charge < -0.3 is 15.1 Å². The molecule has 1 aliphatic heterocycles. The van der Waals surface area contributed by atoms with Crippen molar-refractivity contribution in [3.05, 3.63) is 34.3 Å². The van der Waals surface area contributed by atoms with Crippen molar-refractivity contribution >= 4 is 22.0 Å². The highest BCUT2D eigenvalue weighted by Gasteiger charge is 2.24. The van der Waals surface area contributed by atoms with Gasteiger partial charge in [-0.15, -0.1) is 0 Å². The lowest BCUT2D eigenvalue weighted by atomic mass is 10.0. The fraction of sp³-hybridized carbons (Fsp3) is 0.562. The van der Waals surface area contributed by atoms with E-state index >= 15 is 0 Å². The molecule has 1 heterocycles. The van der Waals surface area contributed by atoms with Crippen molar-refractivity contribution in [3.63, 3.8) is 0 Å². The van der Waals surface area contributed by atoms with E-state index in [0.717, 1.165) is 30.4 Å². The maximum absolute atomic E-state index is 11.9. The summed E-state index contributed by atoms with van der Waals surface area (Å²) in [6.07, 6.45) is 2.02. The summed E-state index contributed by atoms with van der Waals surface area (Å²) in [7, 11) is 3.61. The largest absolute Gasteiger partial charge is 0.331 e. The molecule has 1 aliphatic rings. The fourth-order valence-electron chi connectivity index (χ4n) is 2.79. The summed E-state index contributed by atoms with van der Waals surface area (Å²) in [4.78, 5) is 15.5. The molecule has 0 aliphatic carbocycles. The predicted octanol–water partition coefficient (Wildman–Crippen LogP) is 3.25. The number of likely N-dealkylation sites (tertiary alicyclic amines) is 1. The third-order valence-electron chi connectivity index (χ3n) is 4.01. The van der Waals surface area contributed by atoms with Gasteiger partial charge in [0.1, 0.15) is 0 Å². The van der Waals surface area contributed by atoms with Gasteiger partial charge in [-0.2, -0.15) is 0 Å². The molecule has 2 amide bonds. The van der Waals surface area contributed by atoms with E-state index in [-0.39, 0.29) is 6.03 Å². The van der Waals surface area contributed by atoms with Gasteiger partial charge in [-0.25, -0.2) is 4.79 Å². The maximum Gasteiger partial charge on any atom is 0.319 e. The van der Waals surface area contributed by atoms with Crippen LogP contribution in [0.2, 0.25) is 0 Å². The molecular formula is C16H24BrN3O. The van der Waals surface area contributed by atoms with Crippen molar-refractivity contribution in [2.45, 2.75) is 31.8 Å². The summed E-state index contributed by atoms with van der Waals surface area (Å²) in [6, 6.07) is 9.22. The number of rotatable bonds is 3. The van der Waals surface area contributed by atoms with E-state index in [9.17, 15) is 4.79 Å². The van der Waals surface area contributed by atoms with Gasteiger partial charge >= 0.3 is 6.03 Å². The quantitative estimate of drug-likeness (QED) is 0.905. The van der Waals surface area contributed by atoms with Crippen LogP contribution in [0, 0.1) is 0 Å². The van der Waals surface area contributed by atoms with Gasteiger partial charge in [0.25, 0.3) is 0 Å². The molecule has 1 N–H and O–H groups in total. The Hall–Kier alpha value is -1.07. The number of benzene rings is 1. The number of piperidine rings is 1. The molecule has 5 heteroatoms. The summed E-state index contributed by atoms with van der Waals surface area (Å²) in [5.41, 5.74) is 1.28. The third kappa shape index (κ3) is 4.20. The molecule has 21 heavy (non-hydrogen) atoms. The summed E-state index contributed by atoms with van der Waals surface area (Å²) < 4.78 is 1.14. The van der Waals surface area contributed by atoms with Crippen LogP contribution in [0.3, 0.4) is 0 Å². The van der Waals surface area contributed by atoms with Crippen LogP contribution in [0.15, 0.2) is 28.7 Å². The summed E-state index contributed by atoms with van der Waals surface area (Å²) >= 11 is 3.61. The van der Waals surface area contributed by atoms with Gasteiger partial charge in [-0.1, -0.05) is 34.1 Å². The first-order valence-electron chi connectivity index (χ1n) is 7.45. The zero-order valence-corrected chi connectivity index (χ0v) is 14.6. The molecule has 2 rings (SSSR count). The normalized spacial score (nSPS) is 17.6. The summed E-state index contributed by atoms with van der Waals surface area (Å²) in [6.45, 7) is 3.85. The summed E-state index contributed by atoms with van der Waals surface area (Å²) in [5, 5.41) is 3.68. The van der Waals surface area contributed by atoms with Crippen LogP contribution in [0.1, 0.15) is 31.4 Å². The maximum atomic E-state index is 11.9. The van der Waals surface area contributed by atoms with E-state index in [1.807, 2.05) is 25.1 Å². The Bertz CT molecular complexity index is 484. The van der Waals surface area contributed by atoms with Crippen molar-refractivity contribution in [1.82, 2.24) is 15.1 Å². The molecule has 116 valence electrons. The van der Waals surface area contributed by atoms with Crippen molar-refractivity contribution < 1.29 is 4.79 Å². The molecule has 1 fully saturated rings. The van der Waals surface area contributed by atoms with Gasteiger partial charge in [-0.3, -0.25) is 0 Å². The van der Waals surface area contributed by atoms with Gasteiger partial charge in [-0.05, 0) is 31.4 Å². The number of nitrogens with zero attached hydrogens (tertiary/aromatic N) is 2. The predicted molar refractivity (Wildman–Crippen MR) is 89.4 cm³/mol. The number of halogens is 1. The zero-order valence-electron chi connectivity index (χ0n) is 13.0. The van der Waals surface area contributed by atoms with E-state index in [4.69, 9.17) is 0 Å². The monoisotopic (exact) mass is 353 g/mol. The van der Waals surface area contributed by atoms with Crippen molar-refractivity contribution in [1.29, 1.82) is 0 Å². The minimum Gasteiger partial charge on any atom is -0.331 e. The average molecular weight is 354 g/mol. The first kappa shape index (κ1) is 16.3. The SMILES string of the molecule is CC(NC1CCN(C(=O)N(C)C)CC1)c1ccccc1Br. The van der Waals surface area contributed by atoms with E-state index in [1.165, 1.54) is 5.56 Å². The van der Waals surface area contributed by atoms with Crippen LogP contribution >= 0.6 is 15.9 Å². The Morgan fingerprint density at radius 2 is 1.95 bits per heavy atom. The van der Waals surface area contributed by atoms with Crippen molar-refractivity contribution in [3.8, 4) is 0 Å². The topological polar surface area (TPSA) is 35.6 Å². The zero-order chi connectivity index (χ0) is 15.4.